The van der Waals surface area contributed by atoms with Crippen molar-refractivity contribution in [2.45, 2.75) is 24.4 Å². The van der Waals surface area contributed by atoms with Crippen LogP contribution >= 0.6 is 0 Å². The summed E-state index contributed by atoms with van der Waals surface area (Å²) in [6.07, 6.45) is -7.16. The van der Waals surface area contributed by atoms with E-state index in [0.717, 1.165) is 25.1 Å². The van der Waals surface area contributed by atoms with Gasteiger partial charge >= 0.3 is 6.18 Å². The summed E-state index contributed by atoms with van der Waals surface area (Å²) in [6, 6.07) is 4.01. The number of alkyl halides is 5. The summed E-state index contributed by atoms with van der Waals surface area (Å²) in [5, 5.41) is 0. The van der Waals surface area contributed by atoms with Crippen molar-refractivity contribution in [1.29, 1.82) is 0 Å². The van der Waals surface area contributed by atoms with Gasteiger partial charge < -0.3 is 4.98 Å². The van der Waals surface area contributed by atoms with Crippen LogP contribution in [0.1, 0.15) is 23.4 Å². The van der Waals surface area contributed by atoms with E-state index in [1.54, 1.807) is 0 Å². The van der Waals surface area contributed by atoms with Gasteiger partial charge in [0.2, 0.25) is 0 Å². The van der Waals surface area contributed by atoms with Crippen LogP contribution in [0.15, 0.2) is 35.2 Å². The van der Waals surface area contributed by atoms with Gasteiger partial charge in [0.25, 0.3) is 6.43 Å². The first-order chi connectivity index (χ1) is 14.2. The molecule has 1 N–H and O–H groups in total. The van der Waals surface area contributed by atoms with Crippen molar-refractivity contribution in [3.05, 3.63) is 58.9 Å². The second-order valence-electron chi connectivity index (χ2n) is 6.71. The van der Waals surface area contributed by atoms with Crippen LogP contribution in [0.4, 0.5) is 30.7 Å². The standard InChI is InChI=1S/C19H13F7N2O2S/c1-8-5-9(3-4-11(8)19(24,25)26)14-15(28-18(27-14)17(22)23)10-6-12(20)16(13(21)7-10)31(2,29)30/h3-7,17H,1-2H3,(H,27,28). The Hall–Kier alpha value is -2.89. The molecule has 4 nitrogen and oxygen atoms in total. The second-order valence-corrected chi connectivity index (χ2v) is 8.67. The van der Waals surface area contributed by atoms with Gasteiger partial charge in [0.1, 0.15) is 16.5 Å². The Kier molecular flexibility index (Phi) is 5.63. The van der Waals surface area contributed by atoms with E-state index in [-0.39, 0.29) is 28.1 Å². The average molecular weight is 466 g/mol. The molecule has 0 amide bonds. The largest absolute Gasteiger partial charge is 0.416 e. The molecule has 0 aliphatic carbocycles. The van der Waals surface area contributed by atoms with E-state index >= 15 is 0 Å². The lowest BCUT2D eigenvalue weighted by Gasteiger charge is -2.12. The number of nitrogens with one attached hydrogen (secondary N) is 1. The van der Waals surface area contributed by atoms with Gasteiger partial charge in [-0.15, -0.1) is 0 Å². The first kappa shape index (κ1) is 22.8. The van der Waals surface area contributed by atoms with Gasteiger partial charge in [-0.2, -0.15) is 13.2 Å². The SMILES string of the molecule is Cc1cc(-c2[nH]c(C(F)F)nc2-c2cc(F)c(S(C)(=O)=O)c(F)c2)ccc1C(F)(F)F. The van der Waals surface area contributed by atoms with Gasteiger partial charge in [-0.05, 0) is 36.8 Å². The van der Waals surface area contributed by atoms with Crippen LogP contribution in [-0.2, 0) is 16.0 Å². The quantitative estimate of drug-likeness (QED) is 0.503. The Morgan fingerprint density at radius 2 is 1.58 bits per heavy atom. The van der Waals surface area contributed by atoms with Crippen molar-refractivity contribution in [2.75, 3.05) is 6.26 Å². The average Bonchev–Trinajstić information content (AvgIpc) is 3.04. The molecule has 0 bridgehead atoms. The van der Waals surface area contributed by atoms with Crippen LogP contribution in [-0.4, -0.2) is 24.6 Å². The van der Waals surface area contributed by atoms with Crippen molar-refractivity contribution in [1.82, 2.24) is 9.97 Å². The number of sulfone groups is 1. The number of aromatic amines is 1. The number of rotatable bonds is 4. The maximum absolute atomic E-state index is 14.3. The number of hydrogen-bond acceptors (Lipinski definition) is 3. The number of aryl methyl sites for hydroxylation is 1. The fourth-order valence-corrected chi connectivity index (χ4v) is 3.93. The molecule has 0 saturated carbocycles. The molecule has 2 aromatic carbocycles. The third-order valence-corrected chi connectivity index (χ3v) is 5.52. The normalized spacial score (nSPS) is 12.6. The lowest BCUT2D eigenvalue weighted by molar-refractivity contribution is -0.138. The molecule has 0 unspecified atom stereocenters. The third-order valence-electron chi connectivity index (χ3n) is 4.39. The van der Waals surface area contributed by atoms with Gasteiger partial charge in [0.15, 0.2) is 15.7 Å². The first-order valence-electron chi connectivity index (χ1n) is 8.46. The maximum atomic E-state index is 14.3. The molecule has 3 rings (SSSR count). The zero-order valence-electron chi connectivity index (χ0n) is 15.8. The highest BCUT2D eigenvalue weighted by molar-refractivity contribution is 7.90. The van der Waals surface area contributed by atoms with E-state index in [1.807, 2.05) is 0 Å². The summed E-state index contributed by atoms with van der Waals surface area (Å²) >= 11 is 0. The summed E-state index contributed by atoms with van der Waals surface area (Å²) in [7, 11) is -4.26. The lowest BCUT2D eigenvalue weighted by atomic mass is 10.00. The lowest BCUT2D eigenvalue weighted by Crippen LogP contribution is -2.07. The van der Waals surface area contributed by atoms with Crippen molar-refractivity contribution < 1.29 is 39.2 Å². The molecule has 0 fully saturated rings. The molecule has 0 spiro atoms. The van der Waals surface area contributed by atoms with Crippen LogP contribution in [0, 0.1) is 18.6 Å². The Labute approximate surface area is 171 Å². The van der Waals surface area contributed by atoms with Crippen molar-refractivity contribution in [2.24, 2.45) is 0 Å². The predicted octanol–water partition coefficient (Wildman–Crippen LogP) is 5.69. The fourth-order valence-electron chi connectivity index (χ4n) is 3.10. The molecule has 1 heterocycles. The molecular formula is C19H13F7N2O2S. The highest BCUT2D eigenvalue weighted by Crippen LogP contribution is 2.38. The topological polar surface area (TPSA) is 62.8 Å². The van der Waals surface area contributed by atoms with Crippen LogP contribution < -0.4 is 0 Å². The van der Waals surface area contributed by atoms with Gasteiger partial charge in [0, 0.05) is 17.4 Å². The smallest absolute Gasteiger partial charge is 0.337 e. The minimum atomic E-state index is -4.64. The third kappa shape index (κ3) is 4.43. The molecule has 1 aromatic heterocycles. The number of nitrogens with zero attached hydrogens (tertiary/aromatic N) is 1. The Balaban J connectivity index is 2.24. The van der Waals surface area contributed by atoms with Crippen molar-refractivity contribution in [3.63, 3.8) is 0 Å². The van der Waals surface area contributed by atoms with Crippen LogP contribution in [0.25, 0.3) is 22.5 Å². The molecule has 166 valence electrons. The van der Waals surface area contributed by atoms with E-state index in [1.165, 1.54) is 0 Å². The summed E-state index contributed by atoms with van der Waals surface area (Å²) in [5.74, 6) is -3.81. The minimum absolute atomic E-state index is 0.00732. The van der Waals surface area contributed by atoms with Crippen LogP contribution in [0.2, 0.25) is 0 Å². The number of halogens is 7. The zero-order valence-corrected chi connectivity index (χ0v) is 16.6. The fraction of sp³-hybridized carbons (Fsp3) is 0.211. The monoisotopic (exact) mass is 466 g/mol. The van der Waals surface area contributed by atoms with Crippen molar-refractivity contribution >= 4 is 9.84 Å². The summed E-state index contributed by atoms with van der Waals surface area (Å²) < 4.78 is 117. The maximum Gasteiger partial charge on any atom is 0.416 e. The number of aromatic nitrogens is 2. The molecule has 0 aliphatic heterocycles. The summed E-state index contributed by atoms with van der Waals surface area (Å²) in [5.41, 5.74) is -2.12. The first-order valence-corrected chi connectivity index (χ1v) is 10.3. The van der Waals surface area contributed by atoms with Gasteiger partial charge in [0.05, 0.1) is 17.0 Å². The van der Waals surface area contributed by atoms with E-state index in [4.69, 9.17) is 0 Å². The Morgan fingerprint density at radius 1 is 1.00 bits per heavy atom. The molecule has 0 saturated heterocycles. The second kappa shape index (κ2) is 7.66. The highest BCUT2D eigenvalue weighted by atomic mass is 32.2. The number of imidazole rings is 1. The Morgan fingerprint density at radius 3 is 2.03 bits per heavy atom. The number of hydrogen-bond donors (Lipinski definition) is 1. The zero-order chi connectivity index (χ0) is 23.3. The van der Waals surface area contributed by atoms with E-state index in [2.05, 4.69) is 9.97 Å². The van der Waals surface area contributed by atoms with Gasteiger partial charge in [-0.3, -0.25) is 0 Å². The molecule has 0 atom stereocenters. The van der Waals surface area contributed by atoms with E-state index in [0.29, 0.717) is 18.4 Å². The molecular weight excluding hydrogens is 453 g/mol. The molecule has 31 heavy (non-hydrogen) atoms. The Bertz CT molecular complexity index is 1240. The van der Waals surface area contributed by atoms with Crippen LogP contribution in [0.3, 0.4) is 0 Å². The minimum Gasteiger partial charge on any atom is -0.337 e. The molecule has 12 heteroatoms. The van der Waals surface area contributed by atoms with Gasteiger partial charge in [-0.25, -0.2) is 31.0 Å². The van der Waals surface area contributed by atoms with E-state index < -0.39 is 50.4 Å². The highest BCUT2D eigenvalue weighted by Gasteiger charge is 2.32. The summed E-state index contributed by atoms with van der Waals surface area (Å²) in [4.78, 5) is 4.68. The van der Waals surface area contributed by atoms with E-state index in [9.17, 15) is 39.2 Å². The number of benzene rings is 2. The van der Waals surface area contributed by atoms with Gasteiger partial charge in [-0.1, -0.05) is 6.07 Å². The summed E-state index contributed by atoms with van der Waals surface area (Å²) in [6.45, 7) is 1.16. The van der Waals surface area contributed by atoms with Crippen LogP contribution in [0.5, 0.6) is 0 Å². The molecule has 3 aromatic rings. The molecule has 0 radical (unpaired) electrons. The number of H-pyrrole nitrogens is 1. The predicted molar refractivity (Wildman–Crippen MR) is 97.2 cm³/mol. The molecule has 0 aliphatic rings. The van der Waals surface area contributed by atoms with Crippen molar-refractivity contribution in [3.8, 4) is 22.5 Å².